The first-order valence-electron chi connectivity index (χ1n) is 8.73. The smallest absolute Gasteiger partial charge is 0.440 e. The van der Waals surface area contributed by atoms with E-state index >= 15 is 0 Å². The molecule has 1 aromatic carbocycles. The number of nitrogens with zero attached hydrogens (tertiary/aromatic N) is 1. The van der Waals surface area contributed by atoms with Crippen LogP contribution in [0.5, 0.6) is 0 Å². The Hall–Kier alpha value is -2.72. The average Bonchev–Trinajstić information content (AvgIpc) is 3.27. The van der Waals surface area contributed by atoms with Crippen molar-refractivity contribution in [3.63, 3.8) is 0 Å². The number of nitrogens with one attached hydrogen (secondary N) is 1. The van der Waals surface area contributed by atoms with Crippen LogP contribution >= 0.6 is 0 Å². The van der Waals surface area contributed by atoms with Crippen LogP contribution in [-0.2, 0) is 19.2 Å². The molecule has 1 aliphatic carbocycles. The van der Waals surface area contributed by atoms with Crippen molar-refractivity contribution in [1.82, 2.24) is 5.32 Å². The molecule has 3 atom stereocenters. The number of hydrogen-bond acceptors (Lipinski definition) is 5. The quantitative estimate of drug-likeness (QED) is 0.601. The lowest BCUT2D eigenvalue weighted by Crippen LogP contribution is -2.58. The third-order valence-electron chi connectivity index (χ3n) is 5.05. The van der Waals surface area contributed by atoms with Crippen LogP contribution in [0.2, 0.25) is 0 Å². The Morgan fingerprint density at radius 3 is 2.45 bits per heavy atom. The molecule has 0 radical (unpaired) electrons. The highest BCUT2D eigenvalue weighted by molar-refractivity contribution is 6.05. The number of esters is 1. The topological polar surface area (TPSA) is 77.0 Å². The van der Waals surface area contributed by atoms with Gasteiger partial charge in [0.25, 0.3) is 5.91 Å². The summed E-state index contributed by atoms with van der Waals surface area (Å²) in [5.74, 6) is -4.49. The number of benzene rings is 1. The van der Waals surface area contributed by atoms with Gasteiger partial charge in [-0.1, -0.05) is 5.16 Å². The summed E-state index contributed by atoms with van der Waals surface area (Å²) in [6, 6.07) is 1.48. The second-order valence-electron chi connectivity index (χ2n) is 6.99. The largest absolute Gasteiger partial charge is 0.469 e. The van der Waals surface area contributed by atoms with Gasteiger partial charge in [-0.3, -0.25) is 9.59 Å². The molecule has 1 aliphatic heterocycles. The van der Waals surface area contributed by atoms with Gasteiger partial charge in [0, 0.05) is 17.7 Å². The highest BCUT2D eigenvalue weighted by Crippen LogP contribution is 2.42. The predicted octanol–water partition coefficient (Wildman–Crippen LogP) is 2.85. The molecule has 1 aromatic rings. The molecule has 158 valence electrons. The summed E-state index contributed by atoms with van der Waals surface area (Å²) < 4.78 is 72.7. The van der Waals surface area contributed by atoms with E-state index in [9.17, 15) is 31.5 Å². The van der Waals surface area contributed by atoms with Crippen LogP contribution < -0.4 is 5.32 Å². The Morgan fingerprint density at radius 2 is 1.86 bits per heavy atom. The number of alkyl halides is 3. The molecule has 0 bridgehead atoms. The van der Waals surface area contributed by atoms with Gasteiger partial charge in [-0.15, -0.1) is 0 Å². The van der Waals surface area contributed by atoms with Gasteiger partial charge in [-0.05, 0) is 31.4 Å². The van der Waals surface area contributed by atoms with E-state index in [1.165, 1.54) is 7.11 Å². The molecule has 3 rings (SSSR count). The fraction of sp³-hybridized carbons (Fsp3) is 0.500. The second-order valence-corrected chi connectivity index (χ2v) is 6.99. The molecule has 1 unspecified atom stereocenters. The van der Waals surface area contributed by atoms with Gasteiger partial charge in [-0.2, -0.15) is 13.2 Å². The normalized spacial score (nSPS) is 26.6. The summed E-state index contributed by atoms with van der Waals surface area (Å²) in [7, 11) is 1.20. The van der Waals surface area contributed by atoms with Gasteiger partial charge < -0.3 is 14.9 Å². The van der Waals surface area contributed by atoms with E-state index in [2.05, 4.69) is 20.0 Å². The lowest BCUT2D eigenvalue weighted by molar-refractivity contribution is -0.259. The average molecular weight is 420 g/mol. The zero-order valence-electron chi connectivity index (χ0n) is 15.2. The molecule has 1 heterocycles. The molecule has 0 spiro atoms. The van der Waals surface area contributed by atoms with E-state index in [-0.39, 0.29) is 12.0 Å². The number of oxime groups is 1. The lowest BCUT2D eigenvalue weighted by Gasteiger charge is -2.29. The highest BCUT2D eigenvalue weighted by atomic mass is 19.4. The van der Waals surface area contributed by atoms with Crippen molar-refractivity contribution >= 4 is 17.6 Å². The van der Waals surface area contributed by atoms with Crippen molar-refractivity contribution in [2.75, 3.05) is 7.11 Å². The summed E-state index contributed by atoms with van der Waals surface area (Å²) in [4.78, 5) is 28.6. The Morgan fingerprint density at radius 1 is 1.21 bits per heavy atom. The van der Waals surface area contributed by atoms with Gasteiger partial charge in [0.1, 0.15) is 11.6 Å². The Labute approximate surface area is 162 Å². The molecule has 1 N–H and O–H groups in total. The SMILES string of the molecule is COC(=O)[C@H]1CC[C@H](NC(=O)C2(C(F)(F)F)CC(c3cc(F)cc(F)c3)=NO2)C1. The maximum absolute atomic E-state index is 13.8. The van der Waals surface area contributed by atoms with Crippen LogP contribution in [0, 0.1) is 17.6 Å². The monoisotopic (exact) mass is 420 g/mol. The third kappa shape index (κ3) is 4.03. The minimum Gasteiger partial charge on any atom is -0.469 e. The van der Waals surface area contributed by atoms with Crippen LogP contribution in [-0.4, -0.2) is 42.5 Å². The first kappa shape index (κ1) is 21.0. The van der Waals surface area contributed by atoms with Gasteiger partial charge in [0.15, 0.2) is 0 Å². The zero-order valence-corrected chi connectivity index (χ0v) is 15.2. The summed E-state index contributed by atoms with van der Waals surface area (Å²) in [6.07, 6.45) is -5.40. The number of methoxy groups -OCH3 is 1. The minimum absolute atomic E-state index is 0.134. The molecular weight excluding hydrogens is 403 g/mol. The number of carbonyl (C=O) groups is 2. The molecular formula is C18H17F5N2O4. The fourth-order valence-electron chi connectivity index (χ4n) is 3.51. The van der Waals surface area contributed by atoms with Crippen molar-refractivity contribution in [3.8, 4) is 0 Å². The van der Waals surface area contributed by atoms with E-state index in [4.69, 9.17) is 0 Å². The lowest BCUT2D eigenvalue weighted by atomic mass is 9.92. The van der Waals surface area contributed by atoms with Crippen LogP contribution in [0.25, 0.3) is 0 Å². The van der Waals surface area contributed by atoms with Crippen molar-refractivity contribution in [1.29, 1.82) is 0 Å². The minimum atomic E-state index is -5.14. The van der Waals surface area contributed by atoms with E-state index in [0.717, 1.165) is 12.1 Å². The molecule has 1 saturated carbocycles. The number of carbonyl (C=O) groups excluding carboxylic acids is 2. The molecule has 6 nitrogen and oxygen atoms in total. The van der Waals surface area contributed by atoms with Crippen molar-refractivity contribution in [3.05, 3.63) is 35.4 Å². The number of ether oxygens (including phenoxy) is 1. The van der Waals surface area contributed by atoms with Crippen molar-refractivity contribution in [2.24, 2.45) is 11.1 Å². The number of amides is 1. The summed E-state index contributed by atoms with van der Waals surface area (Å²) in [5, 5.41) is 5.55. The van der Waals surface area contributed by atoms with Gasteiger partial charge in [-0.25, -0.2) is 8.78 Å². The molecule has 1 amide bonds. The maximum Gasteiger partial charge on any atom is 0.440 e. The van der Waals surface area contributed by atoms with Crippen LogP contribution in [0.4, 0.5) is 22.0 Å². The van der Waals surface area contributed by atoms with Crippen LogP contribution in [0.15, 0.2) is 23.4 Å². The maximum atomic E-state index is 13.8. The molecule has 0 aromatic heterocycles. The van der Waals surface area contributed by atoms with Crippen molar-refractivity contribution < 1.29 is 41.1 Å². The number of rotatable bonds is 4. The molecule has 1 fully saturated rings. The molecule has 2 aliphatic rings. The fourth-order valence-corrected chi connectivity index (χ4v) is 3.51. The van der Waals surface area contributed by atoms with Gasteiger partial charge in [0.2, 0.25) is 0 Å². The van der Waals surface area contributed by atoms with Crippen LogP contribution in [0.3, 0.4) is 0 Å². The van der Waals surface area contributed by atoms with E-state index in [1.807, 2.05) is 0 Å². The van der Waals surface area contributed by atoms with Crippen LogP contribution in [0.1, 0.15) is 31.2 Å². The predicted molar refractivity (Wildman–Crippen MR) is 88.7 cm³/mol. The number of hydrogen-bond donors (Lipinski definition) is 1. The third-order valence-corrected chi connectivity index (χ3v) is 5.05. The standard InChI is InChI=1S/C18H17F5N2O4/c1-28-15(26)9-2-3-13(6-9)24-16(27)17(18(21,22)23)8-14(25-29-17)10-4-11(19)7-12(20)5-10/h4-5,7,9,13H,2-3,6,8H2,1H3,(H,24,27)/t9-,13-,17?/m0/s1. The Kier molecular flexibility index (Phi) is 5.50. The first-order chi connectivity index (χ1) is 13.6. The van der Waals surface area contributed by atoms with E-state index < -0.39 is 59.4 Å². The summed E-state index contributed by atoms with van der Waals surface area (Å²) in [6.45, 7) is 0. The summed E-state index contributed by atoms with van der Waals surface area (Å²) in [5.41, 5.74) is -3.99. The Balaban J connectivity index is 1.77. The van der Waals surface area contributed by atoms with Crippen molar-refractivity contribution in [2.45, 2.75) is 43.5 Å². The van der Waals surface area contributed by atoms with Gasteiger partial charge >= 0.3 is 17.7 Å². The zero-order chi connectivity index (χ0) is 21.4. The second kappa shape index (κ2) is 7.60. The molecule has 0 saturated heterocycles. The Bertz CT molecular complexity index is 837. The first-order valence-corrected chi connectivity index (χ1v) is 8.73. The summed E-state index contributed by atoms with van der Waals surface area (Å²) >= 11 is 0. The molecule has 29 heavy (non-hydrogen) atoms. The van der Waals surface area contributed by atoms with E-state index in [0.29, 0.717) is 18.9 Å². The van der Waals surface area contributed by atoms with E-state index in [1.54, 1.807) is 0 Å². The highest BCUT2D eigenvalue weighted by Gasteiger charge is 2.66. The number of halogens is 5. The van der Waals surface area contributed by atoms with Gasteiger partial charge in [0.05, 0.1) is 25.2 Å². The molecule has 11 heteroatoms.